The number of nitrogens with zero attached hydrogens (tertiary/aromatic N) is 6. The van der Waals surface area contributed by atoms with Gasteiger partial charge < -0.3 is 4.74 Å². The van der Waals surface area contributed by atoms with E-state index in [4.69, 9.17) is 21.6 Å². The second-order valence-corrected chi connectivity index (χ2v) is 7.62. The molecule has 0 radical (unpaired) electrons. The van der Waals surface area contributed by atoms with Crippen LogP contribution in [0.15, 0.2) is 52.4 Å². The topological polar surface area (TPSA) is 131 Å². The predicted molar refractivity (Wildman–Crippen MR) is 116 cm³/mol. The summed E-state index contributed by atoms with van der Waals surface area (Å²) >= 11 is 5.89. The van der Waals surface area contributed by atoms with Crippen molar-refractivity contribution in [3.05, 3.63) is 85.5 Å². The SMILES string of the molecule is Cn1nccc1-c1cc(Cn2cnc(C(F)(F)F)c(Oc3cc(Cl)cc(C#N)c3)c2=O)n[nH]c1=O. The molecule has 3 heterocycles. The van der Waals surface area contributed by atoms with Crippen LogP contribution in [-0.2, 0) is 19.8 Å². The van der Waals surface area contributed by atoms with E-state index in [-0.39, 0.29) is 34.1 Å². The van der Waals surface area contributed by atoms with Crippen molar-refractivity contribution in [2.45, 2.75) is 12.7 Å². The average Bonchev–Trinajstić information content (AvgIpc) is 3.22. The highest BCUT2D eigenvalue weighted by Gasteiger charge is 2.38. The third-order valence-electron chi connectivity index (χ3n) is 4.77. The van der Waals surface area contributed by atoms with Crippen LogP contribution in [0.2, 0.25) is 5.02 Å². The van der Waals surface area contributed by atoms with Gasteiger partial charge in [-0.1, -0.05) is 11.6 Å². The second-order valence-electron chi connectivity index (χ2n) is 7.18. The van der Waals surface area contributed by atoms with E-state index in [0.717, 1.165) is 16.7 Å². The van der Waals surface area contributed by atoms with Crippen LogP contribution in [0.25, 0.3) is 11.3 Å². The number of alkyl halides is 3. The summed E-state index contributed by atoms with van der Waals surface area (Å²) in [4.78, 5) is 28.6. The fourth-order valence-corrected chi connectivity index (χ4v) is 3.44. The molecule has 4 aromatic rings. The molecule has 0 amide bonds. The molecular weight excluding hydrogens is 491 g/mol. The van der Waals surface area contributed by atoms with Crippen LogP contribution in [0, 0.1) is 11.3 Å². The fourth-order valence-electron chi connectivity index (χ4n) is 3.21. The molecule has 1 N–H and O–H groups in total. The highest BCUT2D eigenvalue weighted by atomic mass is 35.5. The number of aryl methyl sites for hydroxylation is 1. The van der Waals surface area contributed by atoms with E-state index in [9.17, 15) is 22.8 Å². The normalized spacial score (nSPS) is 11.3. The molecule has 0 unspecified atom stereocenters. The summed E-state index contributed by atoms with van der Waals surface area (Å²) in [5.41, 5.74) is -2.40. The number of benzene rings is 1. The van der Waals surface area contributed by atoms with E-state index < -0.39 is 28.7 Å². The monoisotopic (exact) mass is 503 g/mol. The van der Waals surface area contributed by atoms with Crippen LogP contribution in [0.4, 0.5) is 13.2 Å². The van der Waals surface area contributed by atoms with Gasteiger partial charge in [0.15, 0.2) is 5.69 Å². The molecular formula is C21H13ClF3N7O3. The molecule has 10 nitrogen and oxygen atoms in total. The molecule has 0 fully saturated rings. The number of hydrogen-bond donors (Lipinski definition) is 1. The molecule has 178 valence electrons. The first kappa shape index (κ1) is 23.7. The lowest BCUT2D eigenvalue weighted by Crippen LogP contribution is -2.27. The summed E-state index contributed by atoms with van der Waals surface area (Å²) in [6.07, 6.45) is -2.82. The third-order valence-corrected chi connectivity index (χ3v) is 4.99. The first-order valence-electron chi connectivity index (χ1n) is 9.69. The molecule has 35 heavy (non-hydrogen) atoms. The molecule has 0 aliphatic rings. The van der Waals surface area contributed by atoms with Gasteiger partial charge in [-0.15, -0.1) is 0 Å². The van der Waals surface area contributed by atoms with Crippen molar-refractivity contribution >= 4 is 11.6 Å². The summed E-state index contributed by atoms with van der Waals surface area (Å²) in [6.45, 7) is -0.332. The first-order valence-corrected chi connectivity index (χ1v) is 10.1. The van der Waals surface area contributed by atoms with Gasteiger partial charge >= 0.3 is 6.18 Å². The molecule has 0 saturated carbocycles. The Bertz CT molecular complexity index is 1580. The molecule has 0 atom stereocenters. The van der Waals surface area contributed by atoms with Gasteiger partial charge in [-0.05, 0) is 30.3 Å². The number of aromatic amines is 1. The van der Waals surface area contributed by atoms with Crippen LogP contribution in [0.3, 0.4) is 0 Å². The van der Waals surface area contributed by atoms with Crippen molar-refractivity contribution < 1.29 is 17.9 Å². The van der Waals surface area contributed by atoms with Gasteiger partial charge in [-0.2, -0.15) is 28.6 Å². The van der Waals surface area contributed by atoms with Crippen molar-refractivity contribution in [3.63, 3.8) is 0 Å². The maximum atomic E-state index is 13.6. The summed E-state index contributed by atoms with van der Waals surface area (Å²) < 4.78 is 48.3. The number of H-pyrrole nitrogens is 1. The zero-order valence-corrected chi connectivity index (χ0v) is 18.4. The van der Waals surface area contributed by atoms with Crippen LogP contribution < -0.4 is 15.9 Å². The summed E-state index contributed by atoms with van der Waals surface area (Å²) in [6, 6.07) is 8.34. The van der Waals surface area contributed by atoms with Crippen molar-refractivity contribution in [1.29, 1.82) is 5.26 Å². The van der Waals surface area contributed by atoms with Crippen molar-refractivity contribution in [3.8, 4) is 28.8 Å². The smallest absolute Gasteiger partial charge is 0.437 e. The fraction of sp³-hybridized carbons (Fsp3) is 0.143. The number of nitriles is 1. The lowest BCUT2D eigenvalue weighted by molar-refractivity contribution is -0.142. The minimum absolute atomic E-state index is 0.0189. The van der Waals surface area contributed by atoms with Gasteiger partial charge in [0.1, 0.15) is 5.75 Å². The van der Waals surface area contributed by atoms with Gasteiger partial charge in [0.25, 0.3) is 11.1 Å². The average molecular weight is 504 g/mol. The van der Waals surface area contributed by atoms with Gasteiger partial charge in [0.2, 0.25) is 5.75 Å². The van der Waals surface area contributed by atoms with Crippen LogP contribution in [0.1, 0.15) is 17.0 Å². The first-order chi connectivity index (χ1) is 16.6. The predicted octanol–water partition coefficient (Wildman–Crippen LogP) is 3.11. The molecule has 14 heteroatoms. The Morgan fingerprint density at radius 1 is 1.23 bits per heavy atom. The Hall–Kier alpha value is -4.44. The molecule has 1 aromatic carbocycles. The molecule has 0 aliphatic carbocycles. The number of rotatable bonds is 5. The Labute approximate surface area is 198 Å². The minimum Gasteiger partial charge on any atom is -0.449 e. The number of hydrogen-bond acceptors (Lipinski definition) is 7. The van der Waals surface area contributed by atoms with Gasteiger partial charge in [-0.25, -0.2) is 10.1 Å². The highest BCUT2D eigenvalue weighted by Crippen LogP contribution is 2.35. The van der Waals surface area contributed by atoms with Crippen molar-refractivity contribution in [1.82, 2.24) is 29.5 Å². The molecule has 0 bridgehead atoms. The third kappa shape index (κ3) is 4.92. The van der Waals surface area contributed by atoms with E-state index in [1.165, 1.54) is 23.0 Å². The van der Waals surface area contributed by atoms with Crippen molar-refractivity contribution in [2.75, 3.05) is 0 Å². The van der Waals surface area contributed by atoms with Crippen LogP contribution in [-0.4, -0.2) is 29.5 Å². The summed E-state index contributed by atoms with van der Waals surface area (Å²) in [7, 11) is 1.62. The lowest BCUT2D eigenvalue weighted by atomic mass is 10.2. The van der Waals surface area contributed by atoms with Gasteiger partial charge in [0.05, 0.1) is 41.5 Å². The van der Waals surface area contributed by atoms with E-state index in [0.29, 0.717) is 12.0 Å². The van der Waals surface area contributed by atoms with Crippen molar-refractivity contribution in [2.24, 2.45) is 7.05 Å². The van der Waals surface area contributed by atoms with Gasteiger partial charge in [-0.3, -0.25) is 18.8 Å². The second kappa shape index (κ2) is 9.07. The number of nitrogens with one attached hydrogen (secondary N) is 1. The zero-order valence-electron chi connectivity index (χ0n) is 17.7. The Morgan fingerprint density at radius 3 is 2.66 bits per heavy atom. The quantitative estimate of drug-likeness (QED) is 0.442. The molecule has 4 rings (SSSR count). The molecule has 0 aliphatic heterocycles. The minimum atomic E-state index is -5.01. The largest absolute Gasteiger partial charge is 0.449 e. The van der Waals surface area contributed by atoms with E-state index >= 15 is 0 Å². The van der Waals surface area contributed by atoms with Crippen LogP contribution in [0.5, 0.6) is 11.5 Å². The Kier molecular flexibility index (Phi) is 6.14. The molecule has 3 aromatic heterocycles. The number of ether oxygens (including phenoxy) is 1. The summed E-state index contributed by atoms with van der Waals surface area (Å²) in [5.74, 6) is -1.36. The summed E-state index contributed by atoms with van der Waals surface area (Å²) in [5, 5.41) is 19.2. The zero-order chi connectivity index (χ0) is 25.3. The Balaban J connectivity index is 1.78. The molecule has 0 spiro atoms. The van der Waals surface area contributed by atoms with E-state index in [1.807, 2.05) is 0 Å². The van der Waals surface area contributed by atoms with Crippen LogP contribution >= 0.6 is 11.6 Å². The highest BCUT2D eigenvalue weighted by molar-refractivity contribution is 6.30. The maximum Gasteiger partial charge on any atom is 0.437 e. The van der Waals surface area contributed by atoms with E-state index in [1.54, 1.807) is 19.2 Å². The lowest BCUT2D eigenvalue weighted by Gasteiger charge is -2.15. The number of halogens is 4. The van der Waals surface area contributed by atoms with Gasteiger partial charge in [0, 0.05) is 18.3 Å². The maximum absolute atomic E-state index is 13.6. The molecule has 0 saturated heterocycles. The van der Waals surface area contributed by atoms with E-state index in [2.05, 4.69) is 20.3 Å². The Morgan fingerprint density at radius 2 is 2.00 bits per heavy atom. The standard InChI is InChI=1S/C21H13ClF3N7O3/c1-31-16(2-3-28-31)15-7-13(29-30-19(15)33)9-32-10-27-18(21(23,24)25)17(20(32)34)35-14-5-11(8-26)4-12(22)6-14/h2-7,10H,9H2,1H3,(H,30,33). The number of aromatic nitrogens is 6.